The van der Waals surface area contributed by atoms with Crippen LogP contribution in [0.2, 0.25) is 5.02 Å². The molecule has 1 aromatic heterocycles. The first kappa shape index (κ1) is 14.0. The summed E-state index contributed by atoms with van der Waals surface area (Å²) in [6.07, 6.45) is 0. The number of rotatable bonds is 4. The fourth-order valence-electron chi connectivity index (χ4n) is 1.69. The second-order valence-electron chi connectivity index (χ2n) is 4.07. The lowest BCUT2D eigenvalue weighted by molar-refractivity contribution is 0.100. The maximum Gasteiger partial charge on any atom is 0.250 e. The topological polar surface area (TPSA) is 68.3 Å². The summed E-state index contributed by atoms with van der Waals surface area (Å²) in [6.45, 7) is 1.96. The van der Waals surface area contributed by atoms with Gasteiger partial charge in [-0.3, -0.25) is 4.79 Å². The zero-order chi connectivity index (χ0) is 14.0. The Bertz CT molecular complexity index is 612. The zero-order valence-electron chi connectivity index (χ0n) is 10.1. The van der Waals surface area contributed by atoms with Gasteiger partial charge in [-0.1, -0.05) is 11.6 Å². The first-order valence-electron chi connectivity index (χ1n) is 5.58. The van der Waals surface area contributed by atoms with Crippen LogP contribution in [-0.2, 0) is 0 Å². The second-order valence-corrected chi connectivity index (χ2v) is 5.26. The van der Waals surface area contributed by atoms with Crippen molar-refractivity contribution in [2.75, 3.05) is 5.32 Å². The molecule has 0 aliphatic heterocycles. The molecule has 1 atom stereocenters. The van der Waals surface area contributed by atoms with Crippen molar-refractivity contribution >= 4 is 39.1 Å². The van der Waals surface area contributed by atoms with Gasteiger partial charge in [-0.15, -0.1) is 0 Å². The molecule has 1 aromatic carbocycles. The largest absolute Gasteiger partial charge is 0.452 e. The van der Waals surface area contributed by atoms with Gasteiger partial charge in [-0.05, 0) is 53.2 Å². The SMILES string of the molecule is CC(Nc1ccc(C(N)=O)c(Cl)c1)c1ccc(Br)o1. The van der Waals surface area contributed by atoms with E-state index in [4.69, 9.17) is 21.8 Å². The highest BCUT2D eigenvalue weighted by Gasteiger charge is 2.12. The van der Waals surface area contributed by atoms with Crippen molar-refractivity contribution in [3.8, 4) is 0 Å². The number of benzene rings is 1. The van der Waals surface area contributed by atoms with Gasteiger partial charge in [0, 0.05) is 5.69 Å². The van der Waals surface area contributed by atoms with Gasteiger partial charge in [-0.25, -0.2) is 0 Å². The van der Waals surface area contributed by atoms with E-state index in [2.05, 4.69) is 21.2 Å². The summed E-state index contributed by atoms with van der Waals surface area (Å²) in [7, 11) is 0. The zero-order valence-corrected chi connectivity index (χ0v) is 12.5. The molecule has 4 nitrogen and oxygen atoms in total. The van der Waals surface area contributed by atoms with Crippen LogP contribution in [0.25, 0.3) is 0 Å². The van der Waals surface area contributed by atoms with Crippen molar-refractivity contribution in [2.45, 2.75) is 13.0 Å². The van der Waals surface area contributed by atoms with Crippen LogP contribution in [-0.4, -0.2) is 5.91 Å². The third-order valence-corrected chi connectivity index (χ3v) is 3.38. The Labute approximate surface area is 124 Å². The average molecular weight is 344 g/mol. The molecule has 100 valence electrons. The number of nitrogens with two attached hydrogens (primary N) is 1. The molecule has 0 fully saturated rings. The molecule has 0 bridgehead atoms. The van der Waals surface area contributed by atoms with Crippen LogP contribution in [0.15, 0.2) is 39.4 Å². The van der Waals surface area contributed by atoms with Crippen LogP contribution in [0, 0.1) is 0 Å². The molecule has 3 N–H and O–H groups in total. The van der Waals surface area contributed by atoms with Gasteiger partial charge in [0.2, 0.25) is 5.91 Å². The predicted octanol–water partition coefficient (Wildman–Crippen LogP) is 3.97. The Hall–Kier alpha value is -1.46. The highest BCUT2D eigenvalue weighted by Crippen LogP contribution is 2.26. The maximum atomic E-state index is 11.1. The van der Waals surface area contributed by atoms with Crippen LogP contribution in [0.5, 0.6) is 0 Å². The quantitative estimate of drug-likeness (QED) is 0.882. The lowest BCUT2D eigenvalue weighted by atomic mass is 10.1. The van der Waals surface area contributed by atoms with E-state index < -0.39 is 5.91 Å². The number of nitrogens with one attached hydrogen (secondary N) is 1. The van der Waals surface area contributed by atoms with Crippen molar-refractivity contribution in [3.05, 3.63) is 51.3 Å². The summed E-state index contributed by atoms with van der Waals surface area (Å²) in [5, 5.41) is 3.55. The van der Waals surface area contributed by atoms with Crippen molar-refractivity contribution in [1.29, 1.82) is 0 Å². The minimum absolute atomic E-state index is 0.0261. The first-order chi connectivity index (χ1) is 8.97. The van der Waals surface area contributed by atoms with E-state index in [0.717, 1.165) is 11.4 Å². The van der Waals surface area contributed by atoms with E-state index in [1.165, 1.54) is 0 Å². The Morgan fingerprint density at radius 3 is 2.68 bits per heavy atom. The molecule has 0 saturated heterocycles. The van der Waals surface area contributed by atoms with Crippen LogP contribution in [0.4, 0.5) is 5.69 Å². The number of hydrogen-bond acceptors (Lipinski definition) is 3. The number of carbonyl (C=O) groups is 1. The molecule has 0 aliphatic carbocycles. The number of halogens is 2. The van der Waals surface area contributed by atoms with E-state index in [1.54, 1.807) is 18.2 Å². The number of carbonyl (C=O) groups excluding carboxylic acids is 1. The summed E-state index contributed by atoms with van der Waals surface area (Å²) in [4.78, 5) is 11.1. The molecule has 6 heteroatoms. The molecule has 19 heavy (non-hydrogen) atoms. The van der Waals surface area contributed by atoms with Gasteiger partial charge in [0.1, 0.15) is 5.76 Å². The summed E-state index contributed by atoms with van der Waals surface area (Å²) < 4.78 is 6.14. The Balaban J connectivity index is 2.15. The molecule has 0 aliphatic rings. The van der Waals surface area contributed by atoms with E-state index >= 15 is 0 Å². The van der Waals surface area contributed by atoms with Crippen LogP contribution < -0.4 is 11.1 Å². The molecular weight excluding hydrogens is 332 g/mol. The van der Waals surface area contributed by atoms with Crippen molar-refractivity contribution < 1.29 is 9.21 Å². The van der Waals surface area contributed by atoms with Gasteiger partial charge in [0.25, 0.3) is 0 Å². The Morgan fingerprint density at radius 1 is 1.42 bits per heavy atom. The number of primary amides is 1. The van der Waals surface area contributed by atoms with Crippen molar-refractivity contribution in [3.63, 3.8) is 0 Å². The summed E-state index contributed by atoms with van der Waals surface area (Å²) in [6, 6.07) is 8.69. The predicted molar refractivity (Wildman–Crippen MR) is 78.4 cm³/mol. The third kappa shape index (κ3) is 3.30. The number of furan rings is 1. The maximum absolute atomic E-state index is 11.1. The minimum atomic E-state index is -0.542. The van der Waals surface area contributed by atoms with Gasteiger partial charge in [0.15, 0.2) is 4.67 Å². The lowest BCUT2D eigenvalue weighted by Gasteiger charge is -2.13. The molecule has 0 saturated carbocycles. The molecule has 0 spiro atoms. The van der Waals surface area contributed by atoms with E-state index in [0.29, 0.717) is 15.3 Å². The van der Waals surface area contributed by atoms with Gasteiger partial charge in [-0.2, -0.15) is 0 Å². The van der Waals surface area contributed by atoms with Gasteiger partial charge >= 0.3 is 0 Å². The van der Waals surface area contributed by atoms with E-state index in [9.17, 15) is 4.79 Å². The fourth-order valence-corrected chi connectivity index (χ4v) is 2.28. The fraction of sp³-hybridized carbons (Fsp3) is 0.154. The Morgan fingerprint density at radius 2 is 2.16 bits per heavy atom. The van der Waals surface area contributed by atoms with Crippen LogP contribution in [0.3, 0.4) is 0 Å². The number of hydrogen-bond donors (Lipinski definition) is 2. The van der Waals surface area contributed by atoms with Crippen molar-refractivity contribution in [1.82, 2.24) is 0 Å². The summed E-state index contributed by atoms with van der Waals surface area (Å²) in [5.74, 6) is 0.251. The molecule has 1 amide bonds. The second kappa shape index (κ2) is 5.67. The molecule has 0 radical (unpaired) electrons. The van der Waals surface area contributed by atoms with Crippen molar-refractivity contribution in [2.24, 2.45) is 5.73 Å². The Kier molecular flexibility index (Phi) is 4.17. The molecule has 2 aromatic rings. The highest BCUT2D eigenvalue weighted by molar-refractivity contribution is 9.10. The van der Waals surface area contributed by atoms with Gasteiger partial charge in [0.05, 0.1) is 16.6 Å². The van der Waals surface area contributed by atoms with E-state index in [1.807, 2.05) is 19.1 Å². The summed E-state index contributed by atoms with van der Waals surface area (Å²) >= 11 is 9.24. The monoisotopic (exact) mass is 342 g/mol. The lowest BCUT2D eigenvalue weighted by Crippen LogP contribution is -2.12. The molecule has 1 unspecified atom stereocenters. The minimum Gasteiger partial charge on any atom is -0.452 e. The smallest absolute Gasteiger partial charge is 0.250 e. The molecule has 2 rings (SSSR count). The van der Waals surface area contributed by atoms with Crippen LogP contribution >= 0.6 is 27.5 Å². The highest BCUT2D eigenvalue weighted by atomic mass is 79.9. The molecule has 1 heterocycles. The normalized spacial score (nSPS) is 12.2. The molecular formula is C13H12BrClN2O2. The standard InChI is InChI=1S/C13H12BrClN2O2/c1-7(11-4-5-12(14)19-11)17-8-2-3-9(13(16)18)10(15)6-8/h2-7,17H,1H3,(H2,16,18). The number of anilines is 1. The summed E-state index contributed by atoms with van der Waals surface area (Å²) in [5.41, 5.74) is 6.29. The van der Waals surface area contributed by atoms with Crippen LogP contribution in [0.1, 0.15) is 29.1 Å². The number of amides is 1. The van der Waals surface area contributed by atoms with Gasteiger partial charge < -0.3 is 15.5 Å². The average Bonchev–Trinajstić information content (AvgIpc) is 2.75. The third-order valence-electron chi connectivity index (χ3n) is 2.64. The first-order valence-corrected chi connectivity index (χ1v) is 6.75. The van der Waals surface area contributed by atoms with E-state index in [-0.39, 0.29) is 6.04 Å².